The van der Waals surface area contributed by atoms with Gasteiger partial charge in [0.05, 0.1) is 0 Å². The van der Waals surface area contributed by atoms with E-state index in [9.17, 15) is 9.59 Å². The highest BCUT2D eigenvalue weighted by Crippen LogP contribution is 2.15. The summed E-state index contributed by atoms with van der Waals surface area (Å²) in [5, 5.41) is 8.15. The summed E-state index contributed by atoms with van der Waals surface area (Å²) in [6, 6.07) is 14.8. The molecule has 0 aliphatic rings. The lowest BCUT2D eigenvalue weighted by Crippen LogP contribution is -2.86. The van der Waals surface area contributed by atoms with Crippen molar-refractivity contribution in [3.05, 3.63) is 59.1 Å². The Morgan fingerprint density at radius 2 is 1.71 bits per heavy atom. The Kier molecular flexibility index (Phi) is 6.35. The van der Waals surface area contributed by atoms with E-state index in [1.807, 2.05) is 36.5 Å². The molecule has 1 atom stereocenters. The van der Waals surface area contributed by atoms with Crippen LogP contribution in [0.5, 0.6) is 0 Å². The molecule has 2 aromatic rings. The van der Waals surface area contributed by atoms with Crippen molar-refractivity contribution in [1.82, 2.24) is 0 Å². The van der Waals surface area contributed by atoms with Crippen molar-refractivity contribution in [3.8, 4) is 0 Å². The van der Waals surface area contributed by atoms with E-state index in [-0.39, 0.29) is 17.9 Å². The minimum absolute atomic E-state index is 0.0869. The Morgan fingerprint density at radius 1 is 1.08 bits per heavy atom. The number of anilines is 2. The van der Waals surface area contributed by atoms with Crippen LogP contribution in [0, 0.1) is 0 Å². The van der Waals surface area contributed by atoms with Crippen LogP contribution in [0.2, 0.25) is 5.02 Å². The van der Waals surface area contributed by atoms with E-state index in [1.165, 1.54) is 6.92 Å². The second-order valence-corrected chi connectivity index (χ2v) is 6.03. The van der Waals surface area contributed by atoms with Crippen molar-refractivity contribution in [2.24, 2.45) is 0 Å². The van der Waals surface area contributed by atoms with Crippen LogP contribution in [-0.4, -0.2) is 18.4 Å². The van der Waals surface area contributed by atoms with Crippen LogP contribution in [-0.2, 0) is 9.59 Å². The van der Waals surface area contributed by atoms with Crippen molar-refractivity contribution in [2.75, 3.05) is 17.2 Å². The van der Waals surface area contributed by atoms with Crippen LogP contribution in [0.3, 0.4) is 0 Å². The topological polar surface area (TPSA) is 74.8 Å². The van der Waals surface area contributed by atoms with E-state index in [0.29, 0.717) is 22.9 Å². The third-order valence-corrected chi connectivity index (χ3v) is 3.76. The molecule has 6 heteroatoms. The molecule has 0 unspecified atom stereocenters. The van der Waals surface area contributed by atoms with Gasteiger partial charge in [-0.2, -0.15) is 0 Å². The Morgan fingerprint density at radius 3 is 2.29 bits per heavy atom. The number of hydrogen-bond acceptors (Lipinski definition) is 2. The minimum atomic E-state index is -0.128. The highest BCUT2D eigenvalue weighted by molar-refractivity contribution is 6.30. The Labute approximate surface area is 146 Å². The average molecular weight is 347 g/mol. The predicted octanol–water partition coefficient (Wildman–Crippen LogP) is 2.56. The molecule has 0 saturated carbocycles. The smallest absolute Gasteiger partial charge is 0.279 e. The second kappa shape index (κ2) is 8.47. The molecule has 2 rings (SSSR count). The quantitative estimate of drug-likeness (QED) is 0.752. The van der Waals surface area contributed by atoms with Gasteiger partial charge in [-0.25, -0.2) is 0 Å². The molecule has 0 saturated heterocycles. The normalized spacial score (nSPS) is 11.6. The molecule has 24 heavy (non-hydrogen) atoms. The number of rotatable bonds is 6. The van der Waals surface area contributed by atoms with Gasteiger partial charge in [0.1, 0.15) is 6.04 Å². The van der Waals surface area contributed by atoms with Crippen molar-refractivity contribution >= 4 is 34.8 Å². The Balaban J connectivity index is 1.83. The van der Waals surface area contributed by atoms with Crippen molar-refractivity contribution in [2.45, 2.75) is 19.9 Å². The van der Waals surface area contributed by atoms with Crippen molar-refractivity contribution in [1.29, 1.82) is 0 Å². The molecule has 2 aromatic carbocycles. The van der Waals surface area contributed by atoms with Gasteiger partial charge in [-0.05, 0) is 43.3 Å². The number of carbonyl (C=O) groups excluding carboxylic acids is 2. The first-order chi connectivity index (χ1) is 11.4. The summed E-state index contributed by atoms with van der Waals surface area (Å²) in [7, 11) is 0. The van der Waals surface area contributed by atoms with E-state index >= 15 is 0 Å². The van der Waals surface area contributed by atoms with Crippen LogP contribution in [0.1, 0.15) is 25.5 Å². The summed E-state index contributed by atoms with van der Waals surface area (Å²) >= 11 is 5.98. The lowest BCUT2D eigenvalue weighted by Gasteiger charge is -2.12. The number of nitrogens with one attached hydrogen (secondary N) is 2. The van der Waals surface area contributed by atoms with Crippen LogP contribution in [0.4, 0.5) is 11.4 Å². The number of carbonyl (C=O) groups is 2. The first-order valence-electron chi connectivity index (χ1n) is 7.70. The van der Waals surface area contributed by atoms with Gasteiger partial charge in [-0.15, -0.1) is 0 Å². The molecular formula is C18H21ClN3O2+. The molecule has 0 aliphatic carbocycles. The summed E-state index contributed by atoms with van der Waals surface area (Å²) in [6.07, 6.45) is 0. The van der Waals surface area contributed by atoms with Crippen molar-refractivity contribution < 1.29 is 14.9 Å². The summed E-state index contributed by atoms with van der Waals surface area (Å²) in [5.41, 5.74) is 2.47. The van der Waals surface area contributed by atoms with E-state index < -0.39 is 0 Å². The number of nitrogens with two attached hydrogens (primary N) is 1. The molecule has 0 aliphatic heterocycles. The lowest BCUT2D eigenvalue weighted by atomic mass is 10.1. The third-order valence-electron chi connectivity index (χ3n) is 3.52. The van der Waals surface area contributed by atoms with Gasteiger partial charge in [0.2, 0.25) is 5.91 Å². The first-order valence-corrected chi connectivity index (χ1v) is 8.08. The first kappa shape index (κ1) is 18.0. The SMILES string of the molecule is CC(=O)Nc1ccc(NC(=O)C[NH2+][C@H](C)c2cccc(Cl)c2)cc1. The number of benzene rings is 2. The average Bonchev–Trinajstić information content (AvgIpc) is 2.54. The van der Waals surface area contributed by atoms with Gasteiger partial charge in [-0.1, -0.05) is 23.7 Å². The van der Waals surface area contributed by atoms with Gasteiger partial charge < -0.3 is 16.0 Å². The maximum Gasteiger partial charge on any atom is 0.279 e. The zero-order valence-electron chi connectivity index (χ0n) is 13.7. The summed E-state index contributed by atoms with van der Waals surface area (Å²) in [5.74, 6) is -0.215. The molecule has 2 amide bonds. The van der Waals surface area contributed by atoms with Crippen LogP contribution >= 0.6 is 11.6 Å². The molecule has 5 nitrogen and oxygen atoms in total. The highest BCUT2D eigenvalue weighted by Gasteiger charge is 2.12. The molecular weight excluding hydrogens is 326 g/mol. The predicted molar refractivity (Wildman–Crippen MR) is 96.0 cm³/mol. The maximum atomic E-state index is 12.0. The molecule has 0 spiro atoms. The number of quaternary nitrogens is 1. The summed E-state index contributed by atoms with van der Waals surface area (Å²) in [4.78, 5) is 23.0. The third kappa shape index (κ3) is 5.68. The summed E-state index contributed by atoms with van der Waals surface area (Å²) in [6.45, 7) is 3.79. The van der Waals surface area contributed by atoms with Crippen LogP contribution in [0.15, 0.2) is 48.5 Å². The van der Waals surface area contributed by atoms with Gasteiger partial charge in [0.25, 0.3) is 5.91 Å². The molecule has 0 bridgehead atoms. The molecule has 126 valence electrons. The second-order valence-electron chi connectivity index (χ2n) is 5.59. The fourth-order valence-corrected chi connectivity index (χ4v) is 2.46. The molecule has 0 heterocycles. The zero-order valence-corrected chi connectivity index (χ0v) is 14.4. The number of hydrogen-bond donors (Lipinski definition) is 3. The number of amides is 2. The van der Waals surface area contributed by atoms with Gasteiger partial charge in [0.15, 0.2) is 6.54 Å². The highest BCUT2D eigenvalue weighted by atomic mass is 35.5. The Hall–Kier alpha value is -2.37. The molecule has 0 aromatic heterocycles. The number of halogens is 1. The van der Waals surface area contributed by atoms with Gasteiger partial charge >= 0.3 is 0 Å². The molecule has 0 fully saturated rings. The van der Waals surface area contributed by atoms with E-state index in [0.717, 1.165) is 5.56 Å². The van der Waals surface area contributed by atoms with Crippen LogP contribution < -0.4 is 16.0 Å². The fourth-order valence-electron chi connectivity index (χ4n) is 2.26. The minimum Gasteiger partial charge on any atom is -0.333 e. The van der Waals surface area contributed by atoms with Crippen molar-refractivity contribution in [3.63, 3.8) is 0 Å². The summed E-state index contributed by atoms with van der Waals surface area (Å²) < 4.78 is 0. The lowest BCUT2D eigenvalue weighted by molar-refractivity contribution is -0.682. The largest absolute Gasteiger partial charge is 0.333 e. The van der Waals surface area contributed by atoms with Gasteiger partial charge in [-0.3, -0.25) is 9.59 Å². The fraction of sp³-hybridized carbons (Fsp3) is 0.222. The Bertz CT molecular complexity index is 716. The standard InChI is InChI=1S/C18H20ClN3O2/c1-12(14-4-3-5-15(19)10-14)20-11-18(24)22-17-8-6-16(7-9-17)21-13(2)23/h3-10,12,20H,11H2,1-2H3,(H,21,23)(H,22,24)/p+1/t12-/m1/s1. The molecule has 4 N–H and O–H groups in total. The maximum absolute atomic E-state index is 12.0. The van der Waals surface area contributed by atoms with Crippen LogP contribution in [0.25, 0.3) is 0 Å². The van der Waals surface area contributed by atoms with E-state index in [4.69, 9.17) is 11.6 Å². The zero-order chi connectivity index (χ0) is 17.5. The van der Waals surface area contributed by atoms with Gasteiger partial charge in [0, 0.05) is 28.9 Å². The molecule has 0 radical (unpaired) electrons. The van der Waals surface area contributed by atoms with E-state index in [2.05, 4.69) is 10.6 Å². The monoisotopic (exact) mass is 346 g/mol. The van der Waals surface area contributed by atoms with E-state index in [1.54, 1.807) is 24.3 Å².